The number of esters is 1. The molecule has 0 aliphatic rings. The van der Waals surface area contributed by atoms with Crippen LogP contribution in [0, 0.1) is 0 Å². The summed E-state index contributed by atoms with van der Waals surface area (Å²) in [6.45, 7) is 5.67. The van der Waals surface area contributed by atoms with Crippen molar-refractivity contribution < 1.29 is 19.1 Å². The summed E-state index contributed by atoms with van der Waals surface area (Å²) >= 11 is 0. The fourth-order valence-corrected chi connectivity index (χ4v) is 1.36. The molecule has 1 aromatic rings. The van der Waals surface area contributed by atoms with Gasteiger partial charge in [-0.25, -0.2) is 0 Å². The van der Waals surface area contributed by atoms with Gasteiger partial charge in [-0.15, -0.1) is 0 Å². The predicted octanol–water partition coefficient (Wildman–Crippen LogP) is 1.90. The topological polar surface area (TPSA) is 78.6 Å². The van der Waals surface area contributed by atoms with E-state index >= 15 is 0 Å². The Morgan fingerprint density at radius 2 is 1.74 bits per heavy atom. The molecule has 0 saturated carbocycles. The molecule has 104 valence electrons. The number of nitrogens with two attached hydrogens (primary N) is 1. The van der Waals surface area contributed by atoms with Crippen molar-refractivity contribution in [3.8, 4) is 5.75 Å². The first-order chi connectivity index (χ1) is 8.78. The molecule has 0 radical (unpaired) electrons. The minimum absolute atomic E-state index is 0.175. The molecule has 19 heavy (non-hydrogen) atoms. The highest BCUT2D eigenvalue weighted by atomic mass is 16.6. The summed E-state index contributed by atoms with van der Waals surface area (Å²) in [6.07, 6.45) is 0.175. The zero-order valence-electron chi connectivity index (χ0n) is 11.4. The molecule has 0 heterocycles. The van der Waals surface area contributed by atoms with E-state index in [-0.39, 0.29) is 19.0 Å². The van der Waals surface area contributed by atoms with Crippen molar-refractivity contribution in [2.75, 3.05) is 6.61 Å². The number of ether oxygens (including phenoxy) is 2. The second-order valence-electron chi connectivity index (χ2n) is 5.07. The number of carbonyl (C=O) groups excluding carboxylic acids is 2. The van der Waals surface area contributed by atoms with Crippen LogP contribution in [0.5, 0.6) is 5.75 Å². The second kappa shape index (κ2) is 6.22. The Morgan fingerprint density at radius 3 is 2.21 bits per heavy atom. The standard InChI is InChI=1S/C14H19NO4/c1-14(2,3)19-12(16)8-9-18-11-6-4-10(5-7-11)13(15)17/h4-7H,8-9H2,1-3H3,(H2,15,17). The Bertz CT molecular complexity index is 446. The fraction of sp³-hybridized carbons (Fsp3) is 0.429. The van der Waals surface area contributed by atoms with Crippen LogP contribution in [0.1, 0.15) is 37.6 Å². The Hall–Kier alpha value is -2.04. The van der Waals surface area contributed by atoms with E-state index in [4.69, 9.17) is 15.2 Å². The smallest absolute Gasteiger partial charge is 0.309 e. The first-order valence-electron chi connectivity index (χ1n) is 6.02. The van der Waals surface area contributed by atoms with Gasteiger partial charge in [-0.05, 0) is 45.0 Å². The van der Waals surface area contributed by atoms with E-state index < -0.39 is 11.5 Å². The van der Waals surface area contributed by atoms with E-state index in [1.165, 1.54) is 0 Å². The Morgan fingerprint density at radius 1 is 1.16 bits per heavy atom. The molecule has 0 unspecified atom stereocenters. The molecule has 0 fully saturated rings. The summed E-state index contributed by atoms with van der Waals surface area (Å²) in [5, 5.41) is 0. The third-order valence-electron chi connectivity index (χ3n) is 2.13. The van der Waals surface area contributed by atoms with E-state index in [2.05, 4.69) is 0 Å². The van der Waals surface area contributed by atoms with E-state index in [1.807, 2.05) is 20.8 Å². The highest BCUT2D eigenvalue weighted by Crippen LogP contribution is 2.13. The molecular weight excluding hydrogens is 246 g/mol. The van der Waals surface area contributed by atoms with Crippen molar-refractivity contribution in [2.24, 2.45) is 5.73 Å². The number of carbonyl (C=O) groups is 2. The summed E-state index contributed by atoms with van der Waals surface area (Å²) in [4.78, 5) is 22.3. The lowest BCUT2D eigenvalue weighted by Crippen LogP contribution is -2.24. The zero-order valence-corrected chi connectivity index (χ0v) is 11.4. The van der Waals surface area contributed by atoms with Gasteiger partial charge in [0.25, 0.3) is 0 Å². The molecular formula is C14H19NO4. The maximum absolute atomic E-state index is 11.4. The molecule has 0 aliphatic heterocycles. The van der Waals surface area contributed by atoms with Gasteiger partial charge in [0.1, 0.15) is 11.4 Å². The van der Waals surface area contributed by atoms with Gasteiger partial charge in [0.2, 0.25) is 5.91 Å². The second-order valence-corrected chi connectivity index (χ2v) is 5.07. The maximum atomic E-state index is 11.4. The number of hydrogen-bond acceptors (Lipinski definition) is 4. The van der Waals surface area contributed by atoms with Crippen LogP contribution in [0.25, 0.3) is 0 Å². The van der Waals surface area contributed by atoms with Gasteiger partial charge < -0.3 is 15.2 Å². The van der Waals surface area contributed by atoms with Crippen LogP contribution >= 0.6 is 0 Å². The van der Waals surface area contributed by atoms with Gasteiger partial charge >= 0.3 is 5.97 Å². The molecule has 0 aliphatic carbocycles. The minimum atomic E-state index is -0.486. The van der Waals surface area contributed by atoms with Crippen molar-refractivity contribution in [1.82, 2.24) is 0 Å². The lowest BCUT2D eigenvalue weighted by molar-refractivity contribution is -0.155. The summed E-state index contributed by atoms with van der Waals surface area (Å²) in [6, 6.07) is 6.42. The summed E-state index contributed by atoms with van der Waals surface area (Å²) < 4.78 is 10.5. The molecule has 1 aromatic carbocycles. The highest BCUT2D eigenvalue weighted by Gasteiger charge is 2.15. The number of rotatable bonds is 5. The number of benzene rings is 1. The van der Waals surface area contributed by atoms with Crippen LogP contribution in [-0.2, 0) is 9.53 Å². The average molecular weight is 265 g/mol. The molecule has 2 N–H and O–H groups in total. The lowest BCUT2D eigenvalue weighted by Gasteiger charge is -2.19. The van der Waals surface area contributed by atoms with Crippen molar-refractivity contribution in [2.45, 2.75) is 32.8 Å². The van der Waals surface area contributed by atoms with Crippen LogP contribution in [0.2, 0.25) is 0 Å². The van der Waals surface area contributed by atoms with Crippen LogP contribution in [0.4, 0.5) is 0 Å². The van der Waals surface area contributed by atoms with Gasteiger partial charge in [-0.1, -0.05) is 0 Å². The predicted molar refractivity (Wildman–Crippen MR) is 70.9 cm³/mol. The first-order valence-corrected chi connectivity index (χ1v) is 6.02. The fourth-order valence-electron chi connectivity index (χ4n) is 1.36. The molecule has 0 spiro atoms. The maximum Gasteiger partial charge on any atom is 0.309 e. The van der Waals surface area contributed by atoms with Crippen LogP contribution < -0.4 is 10.5 Å². The van der Waals surface area contributed by atoms with Gasteiger partial charge in [0, 0.05) is 5.56 Å². The van der Waals surface area contributed by atoms with E-state index in [0.717, 1.165) is 0 Å². The quantitative estimate of drug-likeness (QED) is 0.825. The molecule has 1 amide bonds. The Balaban J connectivity index is 2.37. The lowest BCUT2D eigenvalue weighted by atomic mass is 10.2. The van der Waals surface area contributed by atoms with Gasteiger partial charge in [-0.3, -0.25) is 9.59 Å². The molecule has 1 rings (SSSR count). The normalized spacial score (nSPS) is 10.9. The zero-order chi connectivity index (χ0) is 14.5. The van der Waals surface area contributed by atoms with Crippen LogP contribution in [-0.4, -0.2) is 24.1 Å². The van der Waals surface area contributed by atoms with E-state index in [9.17, 15) is 9.59 Å². The largest absolute Gasteiger partial charge is 0.493 e. The average Bonchev–Trinajstić information content (AvgIpc) is 2.27. The van der Waals surface area contributed by atoms with E-state index in [1.54, 1.807) is 24.3 Å². The SMILES string of the molecule is CC(C)(C)OC(=O)CCOc1ccc(C(N)=O)cc1. The monoisotopic (exact) mass is 265 g/mol. The molecule has 0 bridgehead atoms. The summed E-state index contributed by atoms with van der Waals surface area (Å²) in [7, 11) is 0. The number of hydrogen-bond donors (Lipinski definition) is 1. The van der Waals surface area contributed by atoms with Crippen molar-refractivity contribution >= 4 is 11.9 Å². The van der Waals surface area contributed by atoms with Crippen molar-refractivity contribution in [3.63, 3.8) is 0 Å². The Labute approximate surface area is 112 Å². The molecule has 0 aromatic heterocycles. The van der Waals surface area contributed by atoms with Gasteiger partial charge in [0.05, 0.1) is 13.0 Å². The number of amides is 1. The Kier molecular flexibility index (Phi) is 4.92. The third-order valence-corrected chi connectivity index (χ3v) is 2.13. The van der Waals surface area contributed by atoms with Crippen LogP contribution in [0.3, 0.4) is 0 Å². The van der Waals surface area contributed by atoms with Crippen molar-refractivity contribution in [3.05, 3.63) is 29.8 Å². The third kappa shape index (κ3) is 5.90. The minimum Gasteiger partial charge on any atom is -0.493 e. The number of primary amides is 1. The first kappa shape index (κ1) is 15.0. The van der Waals surface area contributed by atoms with Gasteiger partial charge in [-0.2, -0.15) is 0 Å². The van der Waals surface area contributed by atoms with Crippen LogP contribution in [0.15, 0.2) is 24.3 Å². The van der Waals surface area contributed by atoms with E-state index in [0.29, 0.717) is 11.3 Å². The molecule has 0 atom stereocenters. The van der Waals surface area contributed by atoms with Gasteiger partial charge in [0.15, 0.2) is 0 Å². The summed E-state index contributed by atoms with van der Waals surface area (Å²) in [5.74, 6) is -0.213. The highest BCUT2D eigenvalue weighted by molar-refractivity contribution is 5.92. The van der Waals surface area contributed by atoms with Crippen molar-refractivity contribution in [1.29, 1.82) is 0 Å². The summed E-state index contributed by atoms with van der Waals surface area (Å²) in [5.41, 5.74) is 5.05. The molecule has 5 nitrogen and oxygen atoms in total. The molecule has 0 saturated heterocycles. The molecule has 5 heteroatoms.